The Morgan fingerprint density at radius 1 is 1.07 bits per heavy atom. The fraction of sp³-hybridized carbons (Fsp3) is 0.364. The number of methoxy groups -OCH3 is 2. The summed E-state index contributed by atoms with van der Waals surface area (Å²) in [5.74, 6) is -0.526. The second-order valence-electron chi connectivity index (χ2n) is 6.79. The molecule has 1 N–H and O–H groups in total. The molecule has 29 heavy (non-hydrogen) atoms. The van der Waals surface area contributed by atoms with Gasteiger partial charge >= 0.3 is 12.1 Å². The zero-order chi connectivity index (χ0) is 21.4. The van der Waals surface area contributed by atoms with Gasteiger partial charge in [0.25, 0.3) is 0 Å². The number of benzene rings is 2. The maximum Gasteiger partial charge on any atom is 0.409 e. The number of amides is 1. The Bertz CT molecular complexity index is 812. The SMILES string of the molecule is COC(=O)CC(O)(CCN(C(=O)OC)C(C)c1ccc(Br)cc1)c1ccccc1. The Labute approximate surface area is 179 Å². The van der Waals surface area contributed by atoms with Gasteiger partial charge < -0.3 is 19.5 Å². The Hall–Kier alpha value is -2.38. The smallest absolute Gasteiger partial charge is 0.409 e. The number of halogens is 1. The first kappa shape index (κ1) is 22.9. The number of hydrogen-bond donors (Lipinski definition) is 1. The summed E-state index contributed by atoms with van der Waals surface area (Å²) in [5, 5.41) is 11.3. The van der Waals surface area contributed by atoms with Crippen LogP contribution in [-0.2, 0) is 19.9 Å². The highest BCUT2D eigenvalue weighted by Crippen LogP contribution is 2.31. The first-order valence-corrected chi connectivity index (χ1v) is 10.0. The second kappa shape index (κ2) is 10.4. The van der Waals surface area contributed by atoms with E-state index in [0.29, 0.717) is 5.56 Å². The summed E-state index contributed by atoms with van der Waals surface area (Å²) in [7, 11) is 2.60. The molecule has 0 aliphatic carbocycles. The van der Waals surface area contributed by atoms with E-state index in [1.54, 1.807) is 24.3 Å². The van der Waals surface area contributed by atoms with Gasteiger partial charge in [-0.3, -0.25) is 4.79 Å². The number of carbonyl (C=O) groups excluding carboxylic acids is 2. The van der Waals surface area contributed by atoms with Crippen LogP contribution in [0.5, 0.6) is 0 Å². The molecule has 7 heteroatoms. The number of rotatable bonds is 8. The third kappa shape index (κ3) is 6.05. The van der Waals surface area contributed by atoms with Gasteiger partial charge in [-0.25, -0.2) is 4.79 Å². The molecule has 0 aromatic heterocycles. The summed E-state index contributed by atoms with van der Waals surface area (Å²) in [6.45, 7) is 2.08. The maximum atomic E-state index is 12.4. The van der Waals surface area contributed by atoms with Crippen molar-refractivity contribution in [2.24, 2.45) is 0 Å². The van der Waals surface area contributed by atoms with E-state index in [9.17, 15) is 14.7 Å². The fourth-order valence-electron chi connectivity index (χ4n) is 3.18. The Morgan fingerprint density at radius 3 is 2.24 bits per heavy atom. The van der Waals surface area contributed by atoms with Crippen molar-refractivity contribution in [3.05, 3.63) is 70.2 Å². The average Bonchev–Trinajstić information content (AvgIpc) is 2.74. The zero-order valence-corrected chi connectivity index (χ0v) is 18.4. The van der Waals surface area contributed by atoms with E-state index in [4.69, 9.17) is 9.47 Å². The first-order chi connectivity index (χ1) is 13.8. The molecule has 0 spiro atoms. The molecule has 156 valence electrons. The van der Waals surface area contributed by atoms with Crippen molar-refractivity contribution in [3.63, 3.8) is 0 Å². The van der Waals surface area contributed by atoms with E-state index in [2.05, 4.69) is 15.9 Å². The Balaban J connectivity index is 2.27. The van der Waals surface area contributed by atoms with Crippen molar-refractivity contribution < 1.29 is 24.2 Å². The highest BCUT2D eigenvalue weighted by atomic mass is 79.9. The maximum absolute atomic E-state index is 12.4. The van der Waals surface area contributed by atoms with Gasteiger partial charge in [0.2, 0.25) is 0 Å². The topological polar surface area (TPSA) is 76.1 Å². The standard InChI is InChI=1S/C22H26BrNO5/c1-16(17-9-11-19(23)12-10-17)24(21(26)29-3)14-13-22(27,15-20(25)28-2)18-7-5-4-6-8-18/h4-12,16,27H,13-15H2,1-3H3. The minimum atomic E-state index is -1.47. The number of ether oxygens (including phenoxy) is 2. The van der Waals surface area contributed by atoms with Crippen molar-refractivity contribution in [1.29, 1.82) is 0 Å². The van der Waals surface area contributed by atoms with Crippen LogP contribution in [0.2, 0.25) is 0 Å². The van der Waals surface area contributed by atoms with Crippen molar-refractivity contribution >= 4 is 28.0 Å². The van der Waals surface area contributed by atoms with Crippen LogP contribution in [0.3, 0.4) is 0 Å². The molecule has 2 rings (SSSR count). The molecule has 0 aliphatic rings. The van der Waals surface area contributed by atoms with Crippen LogP contribution in [0.25, 0.3) is 0 Å². The van der Waals surface area contributed by atoms with Gasteiger partial charge in [-0.05, 0) is 36.6 Å². The summed E-state index contributed by atoms with van der Waals surface area (Å²) >= 11 is 3.40. The molecule has 2 unspecified atom stereocenters. The molecule has 2 aromatic rings. The van der Waals surface area contributed by atoms with Crippen LogP contribution in [0.1, 0.15) is 36.9 Å². The van der Waals surface area contributed by atoms with Crippen molar-refractivity contribution in [1.82, 2.24) is 4.90 Å². The molecule has 0 radical (unpaired) electrons. The van der Waals surface area contributed by atoms with Gasteiger partial charge in [-0.15, -0.1) is 0 Å². The summed E-state index contributed by atoms with van der Waals surface area (Å²) in [6, 6.07) is 16.3. The quantitative estimate of drug-likeness (QED) is 0.586. The van der Waals surface area contributed by atoms with Crippen molar-refractivity contribution in [2.45, 2.75) is 31.4 Å². The molecule has 0 saturated carbocycles. The summed E-state index contributed by atoms with van der Waals surface area (Å²) in [4.78, 5) is 25.9. The van der Waals surface area contributed by atoms with Crippen LogP contribution in [-0.4, -0.2) is 42.8 Å². The lowest BCUT2D eigenvalue weighted by Crippen LogP contribution is -2.39. The van der Waals surface area contributed by atoms with Gasteiger partial charge in [0.05, 0.1) is 26.7 Å². The molecule has 1 amide bonds. The Morgan fingerprint density at radius 2 is 1.69 bits per heavy atom. The Kier molecular flexibility index (Phi) is 8.22. The van der Waals surface area contributed by atoms with Gasteiger partial charge in [-0.2, -0.15) is 0 Å². The van der Waals surface area contributed by atoms with E-state index in [1.807, 2.05) is 37.3 Å². The number of nitrogens with zero attached hydrogens (tertiary/aromatic N) is 1. The van der Waals surface area contributed by atoms with Crippen molar-refractivity contribution in [2.75, 3.05) is 20.8 Å². The molecule has 2 aromatic carbocycles. The molecule has 0 aliphatic heterocycles. The molecule has 0 heterocycles. The van der Waals surface area contributed by atoms with Gasteiger partial charge in [0.15, 0.2) is 0 Å². The van der Waals surface area contributed by atoms with E-state index < -0.39 is 17.7 Å². The number of carbonyl (C=O) groups is 2. The van der Waals surface area contributed by atoms with Gasteiger partial charge in [0, 0.05) is 11.0 Å². The monoisotopic (exact) mass is 463 g/mol. The lowest BCUT2D eigenvalue weighted by atomic mass is 9.87. The fourth-order valence-corrected chi connectivity index (χ4v) is 3.45. The summed E-state index contributed by atoms with van der Waals surface area (Å²) in [6.07, 6.45) is -0.578. The van der Waals surface area contributed by atoms with E-state index in [0.717, 1.165) is 10.0 Å². The molecular weight excluding hydrogens is 438 g/mol. The number of esters is 1. The summed E-state index contributed by atoms with van der Waals surface area (Å²) in [5.41, 5.74) is 0.0430. The average molecular weight is 464 g/mol. The highest BCUT2D eigenvalue weighted by molar-refractivity contribution is 9.10. The number of aliphatic hydroxyl groups is 1. The lowest BCUT2D eigenvalue weighted by molar-refractivity contribution is -0.147. The predicted octanol–water partition coefficient (Wildman–Crippen LogP) is 4.42. The van der Waals surface area contributed by atoms with E-state index in [1.165, 1.54) is 19.1 Å². The molecule has 6 nitrogen and oxygen atoms in total. The minimum absolute atomic E-state index is 0.141. The van der Waals surface area contributed by atoms with E-state index >= 15 is 0 Å². The molecular formula is C22H26BrNO5. The lowest BCUT2D eigenvalue weighted by Gasteiger charge is -2.33. The van der Waals surface area contributed by atoms with Crippen LogP contribution < -0.4 is 0 Å². The van der Waals surface area contributed by atoms with E-state index in [-0.39, 0.29) is 25.4 Å². The molecule has 2 atom stereocenters. The van der Waals surface area contributed by atoms with Gasteiger partial charge in [0.1, 0.15) is 5.60 Å². The highest BCUT2D eigenvalue weighted by Gasteiger charge is 2.35. The molecule has 0 saturated heterocycles. The largest absolute Gasteiger partial charge is 0.469 e. The predicted molar refractivity (Wildman–Crippen MR) is 113 cm³/mol. The van der Waals surface area contributed by atoms with Crippen molar-refractivity contribution in [3.8, 4) is 0 Å². The third-order valence-electron chi connectivity index (χ3n) is 4.97. The molecule has 0 bridgehead atoms. The van der Waals surface area contributed by atoms with Crippen LogP contribution in [0, 0.1) is 0 Å². The zero-order valence-electron chi connectivity index (χ0n) is 16.8. The molecule has 0 fully saturated rings. The van der Waals surface area contributed by atoms with Crippen LogP contribution in [0.4, 0.5) is 4.79 Å². The van der Waals surface area contributed by atoms with Crippen LogP contribution >= 0.6 is 15.9 Å². The van der Waals surface area contributed by atoms with Crippen LogP contribution in [0.15, 0.2) is 59.1 Å². The third-order valence-corrected chi connectivity index (χ3v) is 5.50. The summed E-state index contributed by atoms with van der Waals surface area (Å²) < 4.78 is 10.7. The first-order valence-electron chi connectivity index (χ1n) is 9.25. The van der Waals surface area contributed by atoms with Gasteiger partial charge in [-0.1, -0.05) is 58.4 Å². The normalized spacial score (nSPS) is 13.8. The minimum Gasteiger partial charge on any atom is -0.469 e. The second-order valence-corrected chi connectivity index (χ2v) is 7.71. The number of hydrogen-bond acceptors (Lipinski definition) is 5.